The molecule has 5 nitrogen and oxygen atoms in total. The van der Waals surface area contributed by atoms with Crippen LogP contribution in [-0.2, 0) is 17.8 Å². The van der Waals surface area contributed by atoms with Crippen molar-refractivity contribution in [3.05, 3.63) is 75.2 Å². The van der Waals surface area contributed by atoms with Gasteiger partial charge in [0.15, 0.2) is 5.58 Å². The highest BCUT2D eigenvalue weighted by atomic mass is 79.9. The van der Waals surface area contributed by atoms with Crippen LogP contribution in [0.1, 0.15) is 38.1 Å². The highest BCUT2D eigenvalue weighted by molar-refractivity contribution is 9.10. The summed E-state index contributed by atoms with van der Waals surface area (Å²) in [5.41, 5.74) is 3.15. The Bertz CT molecular complexity index is 1440. The summed E-state index contributed by atoms with van der Waals surface area (Å²) in [6.07, 6.45) is 0.198. The number of pyridine rings is 1. The fraction of sp³-hybridized carbons (Fsp3) is 0.333. The third kappa shape index (κ3) is 6.29. The Kier molecular flexibility index (Phi) is 8.24. The first-order valence-electron chi connectivity index (χ1n) is 11.9. The molecule has 0 aliphatic carbocycles. The zero-order chi connectivity index (χ0) is 27.1. The third-order valence-electron chi connectivity index (χ3n) is 6.03. The van der Waals surface area contributed by atoms with Gasteiger partial charge in [0.1, 0.15) is 20.9 Å². The number of aromatic nitrogens is 2. The monoisotopic (exact) mass is 621 g/mol. The Labute approximate surface area is 234 Å². The minimum absolute atomic E-state index is 0.198. The van der Waals surface area contributed by atoms with Gasteiger partial charge in [0.25, 0.3) is 0 Å². The van der Waals surface area contributed by atoms with Gasteiger partial charge in [-0.15, -0.1) is 4.72 Å². The number of benzene rings is 2. The van der Waals surface area contributed by atoms with Gasteiger partial charge < -0.3 is 9.08 Å². The quantitative estimate of drug-likeness (QED) is 0.133. The lowest BCUT2D eigenvalue weighted by atomic mass is 9.94. The van der Waals surface area contributed by atoms with E-state index in [0.717, 1.165) is 16.5 Å². The van der Waals surface area contributed by atoms with Crippen LogP contribution >= 0.6 is 27.5 Å². The van der Waals surface area contributed by atoms with E-state index in [2.05, 4.69) is 50.4 Å². The number of fused-ring (bicyclic) bond motifs is 1. The van der Waals surface area contributed by atoms with Gasteiger partial charge in [-0.2, -0.15) is 0 Å². The van der Waals surface area contributed by atoms with Gasteiger partial charge in [0.2, 0.25) is 0 Å². The largest absolute Gasteiger partial charge is 0.598 e. The lowest BCUT2D eigenvalue weighted by Gasteiger charge is -2.29. The van der Waals surface area contributed by atoms with Crippen LogP contribution in [0.2, 0.25) is 24.7 Å². The molecule has 0 aliphatic rings. The van der Waals surface area contributed by atoms with Crippen molar-refractivity contribution < 1.29 is 13.5 Å². The van der Waals surface area contributed by atoms with E-state index in [1.807, 2.05) is 51.1 Å². The van der Waals surface area contributed by atoms with Crippen LogP contribution in [0.25, 0.3) is 22.2 Å². The summed E-state index contributed by atoms with van der Waals surface area (Å²) >= 11 is 8.20. The molecule has 4 aromatic rings. The van der Waals surface area contributed by atoms with Crippen molar-refractivity contribution in [1.29, 1.82) is 0 Å². The minimum atomic E-state index is -1.98. The molecular formula is C27H30BrClFN3O2SSi. The molecule has 0 aliphatic heterocycles. The first kappa shape index (κ1) is 28.3. The second-order valence-corrected chi connectivity index (χ2v) is 19.3. The molecule has 1 N–H and O–H groups in total. The molecule has 37 heavy (non-hydrogen) atoms. The van der Waals surface area contributed by atoms with Gasteiger partial charge in [0, 0.05) is 39.8 Å². The number of hydrogen-bond acceptors (Lipinski definition) is 5. The summed E-state index contributed by atoms with van der Waals surface area (Å²) in [4.78, 5) is 4.51. The highest BCUT2D eigenvalue weighted by Gasteiger charge is 2.33. The van der Waals surface area contributed by atoms with Crippen LogP contribution in [0.5, 0.6) is 0 Å². The van der Waals surface area contributed by atoms with Crippen molar-refractivity contribution >= 4 is 63.1 Å². The van der Waals surface area contributed by atoms with E-state index in [0.29, 0.717) is 31.8 Å². The maximum absolute atomic E-state index is 15.8. The minimum Gasteiger partial charge on any atom is -0.598 e. The van der Waals surface area contributed by atoms with E-state index in [1.165, 1.54) is 0 Å². The van der Waals surface area contributed by atoms with E-state index in [-0.39, 0.29) is 12.2 Å². The first-order valence-corrected chi connectivity index (χ1v) is 17.8. The molecule has 0 amide bonds. The Hall–Kier alpha value is -1.75. The molecule has 0 bridgehead atoms. The second-order valence-electron chi connectivity index (χ2n) is 11.0. The summed E-state index contributed by atoms with van der Waals surface area (Å²) in [5.74, 6) is -0.297. The van der Waals surface area contributed by atoms with Gasteiger partial charge in [0.05, 0.1) is 19.8 Å². The molecule has 2 heterocycles. The molecule has 0 saturated carbocycles. The predicted molar refractivity (Wildman–Crippen MR) is 157 cm³/mol. The van der Waals surface area contributed by atoms with E-state index in [4.69, 9.17) is 16.1 Å². The Morgan fingerprint density at radius 3 is 2.54 bits per heavy atom. The molecule has 0 saturated heterocycles. The third-order valence-corrected chi connectivity index (χ3v) is 10.3. The molecule has 196 valence electrons. The molecule has 2 aromatic heterocycles. The number of halogens is 3. The number of nitrogens with zero attached hydrogens (tertiary/aromatic N) is 2. The zero-order valence-corrected chi connectivity index (χ0v) is 25.8. The van der Waals surface area contributed by atoms with Crippen molar-refractivity contribution in [3.8, 4) is 11.3 Å². The standard InChI is InChI=1S/C27H30BrClFN3O2SSi/c1-27(2,3)36(34)33-20(14-21-25(30)23(37(4,5)6)15-24(28)31-21)17-9-7-8-10-18(17)26-19-12-11-16(29)13-22(19)35-32-26/h7-13,15,20,33H,14H2,1-6H3. The highest BCUT2D eigenvalue weighted by Crippen LogP contribution is 2.36. The van der Waals surface area contributed by atoms with Crippen LogP contribution in [0.3, 0.4) is 0 Å². The Balaban J connectivity index is 1.86. The van der Waals surface area contributed by atoms with Gasteiger partial charge >= 0.3 is 0 Å². The van der Waals surface area contributed by atoms with E-state index in [9.17, 15) is 4.55 Å². The summed E-state index contributed by atoms with van der Waals surface area (Å²) in [6.45, 7) is 12.0. The summed E-state index contributed by atoms with van der Waals surface area (Å²) in [6, 6.07) is 14.3. The Morgan fingerprint density at radius 1 is 1.16 bits per heavy atom. The maximum Gasteiger partial charge on any atom is 0.169 e. The summed E-state index contributed by atoms with van der Waals surface area (Å²) in [5, 5.41) is 6.39. The van der Waals surface area contributed by atoms with Gasteiger partial charge in [-0.25, -0.2) is 9.37 Å². The fourth-order valence-corrected chi connectivity index (χ4v) is 7.08. The van der Waals surface area contributed by atoms with Gasteiger partial charge in [-0.1, -0.05) is 60.7 Å². The lowest BCUT2D eigenvalue weighted by molar-refractivity contribution is 0.459. The summed E-state index contributed by atoms with van der Waals surface area (Å²) in [7, 11) is -1.98. The van der Waals surface area contributed by atoms with Crippen molar-refractivity contribution in [3.63, 3.8) is 0 Å². The normalized spacial score (nSPS) is 14.2. The molecule has 0 fully saturated rings. The number of nitrogens with one attached hydrogen (secondary N) is 1. The fourth-order valence-electron chi connectivity index (χ4n) is 4.07. The van der Waals surface area contributed by atoms with Crippen molar-refractivity contribution in [2.75, 3.05) is 0 Å². The summed E-state index contributed by atoms with van der Waals surface area (Å²) < 4.78 is 38.0. The molecule has 2 aromatic carbocycles. The molecular weight excluding hydrogens is 593 g/mol. The molecule has 2 unspecified atom stereocenters. The molecule has 0 radical (unpaired) electrons. The van der Waals surface area contributed by atoms with Crippen LogP contribution in [0.15, 0.2) is 57.7 Å². The van der Waals surface area contributed by atoms with E-state index >= 15 is 4.39 Å². The van der Waals surface area contributed by atoms with Gasteiger partial charge in [-0.05, 0) is 65.7 Å². The SMILES string of the molecule is CC(C)(C)[S+]([O-])NC(Cc1nc(Br)cc([Si](C)(C)C)c1F)c1ccccc1-c1noc2cc(Cl)ccc12. The predicted octanol–water partition coefficient (Wildman–Crippen LogP) is 7.33. The maximum atomic E-state index is 15.8. The first-order chi connectivity index (χ1) is 17.3. The molecule has 10 heteroatoms. The van der Waals surface area contributed by atoms with Crippen LogP contribution in [-0.4, -0.2) is 27.5 Å². The van der Waals surface area contributed by atoms with E-state index in [1.54, 1.807) is 18.2 Å². The second kappa shape index (κ2) is 10.8. The number of rotatable bonds is 7. The van der Waals surface area contributed by atoms with Crippen molar-refractivity contribution in [2.24, 2.45) is 0 Å². The lowest BCUT2D eigenvalue weighted by Crippen LogP contribution is -2.43. The molecule has 4 rings (SSSR count). The van der Waals surface area contributed by atoms with Crippen LogP contribution < -0.4 is 9.91 Å². The average Bonchev–Trinajstić information content (AvgIpc) is 3.22. The van der Waals surface area contributed by atoms with E-state index < -0.39 is 30.2 Å². The van der Waals surface area contributed by atoms with Crippen LogP contribution in [0, 0.1) is 5.82 Å². The smallest absolute Gasteiger partial charge is 0.169 e. The van der Waals surface area contributed by atoms with Crippen LogP contribution in [0.4, 0.5) is 4.39 Å². The topological polar surface area (TPSA) is 74.0 Å². The molecule has 2 atom stereocenters. The number of hydrogen-bond donors (Lipinski definition) is 1. The van der Waals surface area contributed by atoms with Crippen molar-refractivity contribution in [1.82, 2.24) is 14.9 Å². The zero-order valence-electron chi connectivity index (χ0n) is 21.7. The van der Waals surface area contributed by atoms with Crippen molar-refractivity contribution in [2.45, 2.75) is 57.6 Å². The Morgan fingerprint density at radius 2 is 1.86 bits per heavy atom. The molecule has 0 spiro atoms. The average molecular weight is 623 g/mol. The van der Waals surface area contributed by atoms with Gasteiger partial charge in [-0.3, -0.25) is 0 Å².